The lowest BCUT2D eigenvalue weighted by Crippen LogP contribution is -2.33. The maximum atomic E-state index is 8.63. The number of nitrogens with one attached hydrogen (secondary N) is 3. The molecule has 3 aromatic rings. The summed E-state index contributed by atoms with van der Waals surface area (Å²) in [7, 11) is 1.98. The van der Waals surface area contributed by atoms with Gasteiger partial charge in [-0.2, -0.15) is 0 Å². The number of aryl methyl sites for hydroxylation is 1. The van der Waals surface area contributed by atoms with Crippen LogP contribution < -0.4 is 5.32 Å². The number of pyridine rings is 1. The Labute approximate surface area is 184 Å². The molecule has 4 rings (SSSR count). The van der Waals surface area contributed by atoms with Crippen LogP contribution in [0.3, 0.4) is 0 Å². The summed E-state index contributed by atoms with van der Waals surface area (Å²) in [4.78, 5) is 10.4. The molecule has 0 aliphatic carbocycles. The molecule has 0 spiro atoms. The van der Waals surface area contributed by atoms with Crippen LogP contribution in [0.5, 0.6) is 0 Å². The zero-order valence-corrected chi connectivity index (χ0v) is 18.2. The van der Waals surface area contributed by atoms with E-state index in [0.29, 0.717) is 17.6 Å². The summed E-state index contributed by atoms with van der Waals surface area (Å²) in [5.74, 6) is 0.479. The molecule has 1 aromatic carbocycles. The number of rotatable bonds is 6. The van der Waals surface area contributed by atoms with E-state index in [0.717, 1.165) is 53.3 Å². The standard InChI is InChI=1S/C26H29N5/c1-4-19(15-21-16-25(29-18(21)2)20-9-6-5-7-10-20)23-11-8-12-24(30-23)26(27)31-14-13-22(17-31)28-3/h4-12,15-16,22,27-29H,1,13-14,17H2,2-3H3/b19-15+,27-26?. The van der Waals surface area contributed by atoms with Gasteiger partial charge in [0.1, 0.15) is 11.5 Å². The highest BCUT2D eigenvalue weighted by Gasteiger charge is 2.24. The minimum absolute atomic E-state index is 0.433. The molecule has 2 aromatic heterocycles. The molecule has 0 saturated carbocycles. The number of hydrogen-bond donors (Lipinski definition) is 3. The maximum absolute atomic E-state index is 8.63. The van der Waals surface area contributed by atoms with E-state index < -0.39 is 0 Å². The van der Waals surface area contributed by atoms with Gasteiger partial charge < -0.3 is 15.2 Å². The van der Waals surface area contributed by atoms with Crippen LogP contribution in [0.1, 0.15) is 29.1 Å². The first-order chi connectivity index (χ1) is 15.1. The Morgan fingerprint density at radius 3 is 2.68 bits per heavy atom. The van der Waals surface area contributed by atoms with Gasteiger partial charge >= 0.3 is 0 Å². The molecule has 0 bridgehead atoms. The monoisotopic (exact) mass is 411 g/mol. The van der Waals surface area contributed by atoms with Gasteiger partial charge in [0.15, 0.2) is 0 Å². The zero-order chi connectivity index (χ0) is 21.8. The molecular weight excluding hydrogens is 382 g/mol. The molecule has 5 nitrogen and oxygen atoms in total. The summed E-state index contributed by atoms with van der Waals surface area (Å²) in [6, 6.07) is 18.7. The van der Waals surface area contributed by atoms with Gasteiger partial charge in [-0.15, -0.1) is 0 Å². The first-order valence-electron chi connectivity index (χ1n) is 10.7. The number of hydrogen-bond acceptors (Lipinski definition) is 3. The summed E-state index contributed by atoms with van der Waals surface area (Å²) in [6.07, 6.45) is 4.98. The van der Waals surface area contributed by atoms with Gasteiger partial charge in [0.2, 0.25) is 0 Å². The number of likely N-dealkylation sites (tertiary alicyclic amines) is 1. The van der Waals surface area contributed by atoms with Crippen molar-refractivity contribution in [2.24, 2.45) is 0 Å². The van der Waals surface area contributed by atoms with Crippen molar-refractivity contribution in [1.82, 2.24) is 20.2 Å². The molecule has 1 aliphatic heterocycles. The predicted molar refractivity (Wildman–Crippen MR) is 129 cm³/mol. The van der Waals surface area contributed by atoms with E-state index in [1.807, 2.05) is 49.5 Å². The number of aromatic amines is 1. The smallest absolute Gasteiger partial charge is 0.147 e. The van der Waals surface area contributed by atoms with Gasteiger partial charge in [-0.3, -0.25) is 5.41 Å². The third-order valence-corrected chi connectivity index (χ3v) is 5.87. The fourth-order valence-corrected chi connectivity index (χ4v) is 3.99. The molecule has 5 heteroatoms. The number of benzene rings is 1. The summed E-state index contributed by atoms with van der Waals surface area (Å²) in [5.41, 5.74) is 6.89. The Hall–Kier alpha value is -3.44. The van der Waals surface area contributed by atoms with Gasteiger partial charge in [-0.25, -0.2) is 4.98 Å². The number of H-pyrrole nitrogens is 1. The molecule has 1 aliphatic rings. The van der Waals surface area contributed by atoms with Crippen LogP contribution in [0.2, 0.25) is 0 Å². The third kappa shape index (κ3) is 4.52. The molecule has 1 saturated heterocycles. The zero-order valence-electron chi connectivity index (χ0n) is 18.2. The molecule has 3 heterocycles. The highest BCUT2D eigenvalue weighted by molar-refractivity contribution is 5.96. The van der Waals surface area contributed by atoms with E-state index in [1.165, 1.54) is 0 Å². The molecule has 0 radical (unpaired) electrons. The molecule has 31 heavy (non-hydrogen) atoms. The Kier molecular flexibility index (Phi) is 6.14. The first kappa shape index (κ1) is 20.8. The number of amidine groups is 1. The van der Waals surface area contributed by atoms with Gasteiger partial charge in [0.25, 0.3) is 0 Å². The van der Waals surface area contributed by atoms with Crippen molar-refractivity contribution in [3.05, 3.63) is 89.9 Å². The van der Waals surface area contributed by atoms with Crippen LogP contribution in [0.15, 0.2) is 67.3 Å². The predicted octanol–water partition coefficient (Wildman–Crippen LogP) is 4.73. The number of allylic oxidation sites excluding steroid dienone is 2. The van der Waals surface area contributed by atoms with Crippen LogP contribution in [-0.4, -0.2) is 46.9 Å². The fraction of sp³-hybridized carbons (Fsp3) is 0.231. The summed E-state index contributed by atoms with van der Waals surface area (Å²) in [5, 5.41) is 11.9. The average molecular weight is 412 g/mol. The largest absolute Gasteiger partial charge is 0.358 e. The lowest BCUT2D eigenvalue weighted by atomic mass is 10.1. The normalized spacial score (nSPS) is 16.5. The SMILES string of the molecule is C=C/C(=C\c1cc(-c2ccccc2)[nH]c1C)c1cccc(C(=N)N2CCC(NC)C2)n1. The molecule has 0 amide bonds. The lowest BCUT2D eigenvalue weighted by molar-refractivity contribution is 0.490. The summed E-state index contributed by atoms with van der Waals surface area (Å²) in [6.45, 7) is 7.81. The summed E-state index contributed by atoms with van der Waals surface area (Å²) < 4.78 is 0. The fourth-order valence-electron chi connectivity index (χ4n) is 3.99. The number of likely N-dealkylation sites (N-methyl/N-ethyl adjacent to an activating group) is 1. The van der Waals surface area contributed by atoms with E-state index in [2.05, 4.69) is 53.0 Å². The van der Waals surface area contributed by atoms with Crippen LogP contribution in [0.4, 0.5) is 0 Å². The van der Waals surface area contributed by atoms with Crippen molar-refractivity contribution >= 4 is 17.5 Å². The van der Waals surface area contributed by atoms with Crippen molar-refractivity contribution < 1.29 is 0 Å². The van der Waals surface area contributed by atoms with Crippen molar-refractivity contribution in [2.45, 2.75) is 19.4 Å². The van der Waals surface area contributed by atoms with Crippen molar-refractivity contribution in [1.29, 1.82) is 5.41 Å². The first-order valence-corrected chi connectivity index (χ1v) is 10.7. The molecule has 3 N–H and O–H groups in total. The maximum Gasteiger partial charge on any atom is 0.147 e. The summed E-state index contributed by atoms with van der Waals surface area (Å²) >= 11 is 0. The second-order valence-electron chi connectivity index (χ2n) is 7.91. The van der Waals surface area contributed by atoms with Gasteiger partial charge in [-0.05, 0) is 55.8 Å². The Morgan fingerprint density at radius 1 is 1.19 bits per heavy atom. The average Bonchev–Trinajstić information content (AvgIpc) is 3.44. The molecule has 1 unspecified atom stereocenters. The quantitative estimate of drug-likeness (QED) is 0.312. The van der Waals surface area contributed by atoms with Gasteiger partial charge in [0, 0.05) is 36.1 Å². The van der Waals surface area contributed by atoms with Gasteiger partial charge in [0.05, 0.1) is 5.69 Å². The molecule has 158 valence electrons. The van der Waals surface area contributed by atoms with Crippen LogP contribution in [0.25, 0.3) is 22.9 Å². The van der Waals surface area contributed by atoms with Gasteiger partial charge in [-0.1, -0.05) is 49.1 Å². The van der Waals surface area contributed by atoms with E-state index >= 15 is 0 Å². The van der Waals surface area contributed by atoms with Crippen molar-refractivity contribution in [3.8, 4) is 11.3 Å². The molecule has 1 atom stereocenters. The van der Waals surface area contributed by atoms with Crippen molar-refractivity contribution in [3.63, 3.8) is 0 Å². The lowest BCUT2D eigenvalue weighted by Gasteiger charge is -2.19. The Morgan fingerprint density at radius 2 is 1.97 bits per heavy atom. The van der Waals surface area contributed by atoms with E-state index in [4.69, 9.17) is 10.4 Å². The van der Waals surface area contributed by atoms with E-state index in [9.17, 15) is 0 Å². The highest BCUT2D eigenvalue weighted by Crippen LogP contribution is 2.26. The van der Waals surface area contributed by atoms with Crippen molar-refractivity contribution in [2.75, 3.05) is 20.1 Å². The molecule has 1 fully saturated rings. The van der Waals surface area contributed by atoms with E-state index in [1.54, 1.807) is 0 Å². The Bertz CT molecular complexity index is 1110. The third-order valence-electron chi connectivity index (χ3n) is 5.87. The minimum Gasteiger partial charge on any atom is -0.358 e. The second kappa shape index (κ2) is 9.14. The topological polar surface area (TPSA) is 67.8 Å². The van der Waals surface area contributed by atoms with Crippen LogP contribution >= 0.6 is 0 Å². The highest BCUT2D eigenvalue weighted by atomic mass is 15.2. The minimum atomic E-state index is 0.433. The van der Waals surface area contributed by atoms with Crippen LogP contribution in [-0.2, 0) is 0 Å². The number of nitrogens with zero attached hydrogens (tertiary/aromatic N) is 2. The van der Waals surface area contributed by atoms with Crippen LogP contribution in [0, 0.1) is 12.3 Å². The van der Waals surface area contributed by atoms with E-state index in [-0.39, 0.29) is 0 Å². The molecular formula is C26H29N5. The second-order valence-corrected chi connectivity index (χ2v) is 7.91. The number of aromatic nitrogens is 2. The Balaban J connectivity index is 1.61.